The van der Waals surface area contributed by atoms with Crippen LogP contribution in [0, 0.1) is 0 Å². The summed E-state index contributed by atoms with van der Waals surface area (Å²) in [4.78, 5) is 26.7. The molecule has 4 rings (SSSR count). The number of carbonyl (C=O) groups excluding carboxylic acids is 1. The minimum absolute atomic E-state index is 0.0278. The SMILES string of the molecule is COc1cccc2cc(C(=O)N3CCC(n4ccnn4)C3)c(=O)oc12. The van der Waals surface area contributed by atoms with Crippen molar-refractivity contribution >= 4 is 16.9 Å². The molecule has 0 radical (unpaired) electrons. The van der Waals surface area contributed by atoms with Crippen molar-refractivity contribution in [3.05, 3.63) is 52.6 Å². The third-order valence-corrected chi connectivity index (χ3v) is 4.44. The summed E-state index contributed by atoms with van der Waals surface area (Å²) in [6.07, 6.45) is 4.15. The number of nitrogens with zero attached hydrogens (tertiary/aromatic N) is 4. The molecule has 1 aromatic carbocycles. The first-order valence-corrected chi connectivity index (χ1v) is 7.93. The number of carbonyl (C=O) groups is 1. The molecular formula is C17H16N4O4. The zero-order valence-electron chi connectivity index (χ0n) is 13.6. The van der Waals surface area contributed by atoms with Crippen LogP contribution in [0.25, 0.3) is 11.0 Å². The van der Waals surface area contributed by atoms with Crippen LogP contribution in [0.2, 0.25) is 0 Å². The first kappa shape index (κ1) is 15.4. The van der Waals surface area contributed by atoms with Crippen LogP contribution in [0.1, 0.15) is 22.8 Å². The van der Waals surface area contributed by atoms with Gasteiger partial charge in [0, 0.05) is 24.7 Å². The zero-order valence-corrected chi connectivity index (χ0v) is 13.6. The molecule has 0 bridgehead atoms. The maximum absolute atomic E-state index is 12.8. The molecule has 8 nitrogen and oxygen atoms in total. The lowest BCUT2D eigenvalue weighted by molar-refractivity contribution is 0.0783. The van der Waals surface area contributed by atoms with E-state index in [1.54, 1.807) is 46.2 Å². The Labute approximate surface area is 142 Å². The summed E-state index contributed by atoms with van der Waals surface area (Å²) in [5.41, 5.74) is -0.292. The Hall–Kier alpha value is -3.16. The number of likely N-dealkylation sites (tertiary alicyclic amines) is 1. The summed E-state index contributed by atoms with van der Waals surface area (Å²) >= 11 is 0. The second kappa shape index (κ2) is 6.04. The van der Waals surface area contributed by atoms with E-state index < -0.39 is 5.63 Å². The first-order chi connectivity index (χ1) is 12.2. The Kier molecular flexibility index (Phi) is 3.72. The molecule has 1 aliphatic heterocycles. The maximum Gasteiger partial charge on any atom is 0.349 e. The van der Waals surface area contributed by atoms with Crippen molar-refractivity contribution < 1.29 is 13.9 Å². The summed E-state index contributed by atoms with van der Waals surface area (Å²) in [7, 11) is 1.50. The number of rotatable bonds is 3. The highest BCUT2D eigenvalue weighted by Gasteiger charge is 2.30. The van der Waals surface area contributed by atoms with Crippen LogP contribution in [-0.2, 0) is 0 Å². The minimum atomic E-state index is -0.661. The van der Waals surface area contributed by atoms with Gasteiger partial charge in [-0.2, -0.15) is 0 Å². The van der Waals surface area contributed by atoms with E-state index in [2.05, 4.69) is 10.3 Å². The van der Waals surface area contributed by atoms with Crippen molar-refractivity contribution in [1.29, 1.82) is 0 Å². The standard InChI is InChI=1S/C17H16N4O4/c1-24-14-4-2-3-11-9-13(17(23)25-15(11)14)16(22)20-7-5-12(10-20)21-8-6-18-19-21/h2-4,6,8-9,12H,5,7,10H2,1H3. The number of amides is 1. The lowest BCUT2D eigenvalue weighted by Crippen LogP contribution is -2.32. The molecule has 0 saturated carbocycles. The van der Waals surface area contributed by atoms with Gasteiger partial charge in [0.05, 0.1) is 19.3 Å². The minimum Gasteiger partial charge on any atom is -0.493 e. The summed E-state index contributed by atoms with van der Waals surface area (Å²) in [6, 6.07) is 6.90. The average molecular weight is 340 g/mol. The smallest absolute Gasteiger partial charge is 0.349 e. The third-order valence-electron chi connectivity index (χ3n) is 4.44. The van der Waals surface area contributed by atoms with Crippen molar-refractivity contribution in [1.82, 2.24) is 19.9 Å². The van der Waals surface area contributed by atoms with E-state index in [9.17, 15) is 9.59 Å². The topological polar surface area (TPSA) is 90.5 Å². The predicted molar refractivity (Wildman–Crippen MR) is 88.6 cm³/mol. The number of hydrogen-bond acceptors (Lipinski definition) is 6. The molecule has 0 N–H and O–H groups in total. The fourth-order valence-electron chi connectivity index (χ4n) is 3.15. The molecule has 0 spiro atoms. The van der Waals surface area contributed by atoms with Gasteiger partial charge >= 0.3 is 5.63 Å². The van der Waals surface area contributed by atoms with Crippen LogP contribution in [-0.4, -0.2) is 46.0 Å². The predicted octanol–water partition coefficient (Wildman–Crippen LogP) is 1.48. The van der Waals surface area contributed by atoms with Crippen LogP contribution in [0.3, 0.4) is 0 Å². The lowest BCUT2D eigenvalue weighted by atomic mass is 10.1. The fourth-order valence-corrected chi connectivity index (χ4v) is 3.15. The van der Waals surface area contributed by atoms with Crippen LogP contribution in [0.4, 0.5) is 0 Å². The zero-order chi connectivity index (χ0) is 17.4. The molecule has 1 amide bonds. The van der Waals surface area contributed by atoms with E-state index in [4.69, 9.17) is 9.15 Å². The highest BCUT2D eigenvalue weighted by Crippen LogP contribution is 2.26. The Morgan fingerprint density at radius 2 is 2.28 bits per heavy atom. The van der Waals surface area contributed by atoms with Crippen molar-refractivity contribution in [3.8, 4) is 5.75 Å². The summed E-state index contributed by atoms with van der Waals surface area (Å²) in [5, 5.41) is 8.42. The average Bonchev–Trinajstić information content (AvgIpc) is 3.31. The third kappa shape index (κ3) is 2.65. The molecule has 3 heterocycles. The number of para-hydroxylation sites is 1. The quantitative estimate of drug-likeness (QED) is 0.671. The number of methoxy groups -OCH3 is 1. The lowest BCUT2D eigenvalue weighted by Gasteiger charge is -2.16. The Bertz CT molecular complexity index is 980. The molecule has 8 heteroatoms. The maximum atomic E-state index is 12.8. The van der Waals surface area contributed by atoms with Crippen molar-refractivity contribution in [3.63, 3.8) is 0 Å². The Morgan fingerprint density at radius 3 is 3.04 bits per heavy atom. The van der Waals surface area contributed by atoms with E-state index in [1.165, 1.54) is 7.11 Å². The van der Waals surface area contributed by atoms with Gasteiger partial charge in [0.25, 0.3) is 5.91 Å². The van der Waals surface area contributed by atoms with E-state index in [1.807, 2.05) is 0 Å². The number of fused-ring (bicyclic) bond motifs is 1. The molecule has 1 saturated heterocycles. The first-order valence-electron chi connectivity index (χ1n) is 7.93. The molecule has 128 valence electrons. The van der Waals surface area contributed by atoms with Gasteiger partial charge in [0.2, 0.25) is 0 Å². The Morgan fingerprint density at radius 1 is 1.40 bits per heavy atom. The van der Waals surface area contributed by atoms with Gasteiger partial charge < -0.3 is 14.1 Å². The monoisotopic (exact) mass is 340 g/mol. The van der Waals surface area contributed by atoms with Gasteiger partial charge in [0.15, 0.2) is 11.3 Å². The van der Waals surface area contributed by atoms with Crippen molar-refractivity contribution in [2.75, 3.05) is 20.2 Å². The molecule has 1 unspecified atom stereocenters. The van der Waals surface area contributed by atoms with E-state index in [-0.39, 0.29) is 17.5 Å². The number of ether oxygens (including phenoxy) is 1. The van der Waals surface area contributed by atoms with Gasteiger partial charge in [-0.1, -0.05) is 17.3 Å². The van der Waals surface area contributed by atoms with Gasteiger partial charge in [-0.3, -0.25) is 4.79 Å². The Balaban J connectivity index is 1.64. The van der Waals surface area contributed by atoms with Crippen molar-refractivity contribution in [2.24, 2.45) is 0 Å². The van der Waals surface area contributed by atoms with E-state index in [0.717, 1.165) is 6.42 Å². The molecule has 0 aliphatic carbocycles. The van der Waals surface area contributed by atoms with Crippen molar-refractivity contribution in [2.45, 2.75) is 12.5 Å². The van der Waals surface area contributed by atoms with E-state index in [0.29, 0.717) is 29.8 Å². The largest absolute Gasteiger partial charge is 0.493 e. The fraction of sp³-hybridized carbons (Fsp3) is 0.294. The molecule has 3 aromatic rings. The summed E-state index contributed by atoms with van der Waals surface area (Å²) in [6.45, 7) is 1.04. The molecule has 1 fully saturated rings. The summed E-state index contributed by atoms with van der Waals surface area (Å²) < 4.78 is 12.3. The van der Waals surface area contributed by atoms with Crippen LogP contribution >= 0.6 is 0 Å². The number of aromatic nitrogens is 3. The highest BCUT2D eigenvalue weighted by atomic mass is 16.5. The van der Waals surface area contributed by atoms with Gasteiger partial charge in [-0.25, -0.2) is 9.48 Å². The number of hydrogen-bond donors (Lipinski definition) is 0. The second-order valence-corrected chi connectivity index (χ2v) is 5.90. The van der Waals surface area contributed by atoms with E-state index >= 15 is 0 Å². The normalized spacial score (nSPS) is 17.2. The molecule has 1 atom stereocenters. The highest BCUT2D eigenvalue weighted by molar-refractivity contribution is 5.97. The van der Waals surface area contributed by atoms with Gasteiger partial charge in [-0.05, 0) is 18.6 Å². The number of benzene rings is 1. The van der Waals surface area contributed by atoms with Crippen LogP contribution < -0.4 is 10.4 Å². The molecule has 1 aliphatic rings. The van der Waals surface area contributed by atoms with Crippen LogP contribution in [0.5, 0.6) is 5.75 Å². The molecule has 2 aromatic heterocycles. The van der Waals surface area contributed by atoms with Gasteiger partial charge in [0.1, 0.15) is 5.56 Å². The molecular weight excluding hydrogens is 324 g/mol. The summed E-state index contributed by atoms with van der Waals surface area (Å²) in [5.74, 6) is 0.127. The molecule has 25 heavy (non-hydrogen) atoms. The second-order valence-electron chi connectivity index (χ2n) is 5.90. The van der Waals surface area contributed by atoms with Gasteiger partial charge in [-0.15, -0.1) is 5.10 Å². The van der Waals surface area contributed by atoms with Crippen LogP contribution in [0.15, 0.2) is 45.9 Å².